The SMILES string of the molecule is O[C@H](CN1CCN(Cc2cccc(F)c2)CC1)C1CC1. The fourth-order valence-electron chi connectivity index (χ4n) is 2.92. The van der Waals surface area contributed by atoms with Crippen molar-refractivity contribution in [1.29, 1.82) is 0 Å². The Hall–Kier alpha value is -0.970. The van der Waals surface area contributed by atoms with Gasteiger partial charge in [-0.3, -0.25) is 9.80 Å². The summed E-state index contributed by atoms with van der Waals surface area (Å²) in [4.78, 5) is 4.71. The molecule has 1 N–H and O–H groups in total. The molecule has 1 aliphatic carbocycles. The lowest BCUT2D eigenvalue weighted by molar-refractivity contribution is 0.0601. The van der Waals surface area contributed by atoms with E-state index in [-0.39, 0.29) is 11.9 Å². The second-order valence-electron chi connectivity index (χ2n) is 6.11. The first-order chi connectivity index (χ1) is 9.70. The van der Waals surface area contributed by atoms with E-state index in [4.69, 9.17) is 0 Å². The Morgan fingerprint density at radius 2 is 1.85 bits per heavy atom. The van der Waals surface area contributed by atoms with E-state index in [2.05, 4.69) is 9.80 Å². The molecule has 0 aromatic heterocycles. The summed E-state index contributed by atoms with van der Waals surface area (Å²) in [6.45, 7) is 5.62. The van der Waals surface area contributed by atoms with Crippen molar-refractivity contribution in [3.05, 3.63) is 35.6 Å². The van der Waals surface area contributed by atoms with E-state index in [9.17, 15) is 9.50 Å². The molecule has 4 heteroatoms. The number of hydrogen-bond donors (Lipinski definition) is 1. The van der Waals surface area contributed by atoms with Gasteiger partial charge in [0.15, 0.2) is 0 Å². The van der Waals surface area contributed by atoms with Crippen LogP contribution in [0.4, 0.5) is 4.39 Å². The van der Waals surface area contributed by atoms with Crippen molar-refractivity contribution in [1.82, 2.24) is 9.80 Å². The molecule has 1 aromatic carbocycles. The molecular formula is C16H23FN2O. The van der Waals surface area contributed by atoms with Crippen molar-refractivity contribution in [3.8, 4) is 0 Å². The molecule has 1 atom stereocenters. The van der Waals surface area contributed by atoms with Crippen LogP contribution in [0.3, 0.4) is 0 Å². The van der Waals surface area contributed by atoms with Gasteiger partial charge in [0.25, 0.3) is 0 Å². The number of aliphatic hydroxyl groups excluding tert-OH is 1. The van der Waals surface area contributed by atoms with Crippen LogP contribution in [0, 0.1) is 11.7 Å². The number of nitrogens with zero attached hydrogens (tertiary/aromatic N) is 2. The third-order valence-electron chi connectivity index (χ3n) is 4.37. The van der Waals surface area contributed by atoms with Crippen molar-refractivity contribution in [2.75, 3.05) is 32.7 Å². The number of aliphatic hydroxyl groups is 1. The zero-order valence-electron chi connectivity index (χ0n) is 11.8. The quantitative estimate of drug-likeness (QED) is 0.888. The molecular weight excluding hydrogens is 255 g/mol. The second-order valence-corrected chi connectivity index (χ2v) is 6.11. The van der Waals surface area contributed by atoms with Crippen LogP contribution < -0.4 is 0 Å². The maximum absolute atomic E-state index is 13.2. The van der Waals surface area contributed by atoms with Gasteiger partial charge in [0.2, 0.25) is 0 Å². The molecule has 2 fully saturated rings. The highest BCUT2D eigenvalue weighted by atomic mass is 19.1. The number of piperazine rings is 1. The fraction of sp³-hybridized carbons (Fsp3) is 0.625. The van der Waals surface area contributed by atoms with Crippen LogP contribution in [-0.4, -0.2) is 53.7 Å². The average molecular weight is 278 g/mol. The number of rotatable bonds is 5. The van der Waals surface area contributed by atoms with E-state index in [1.165, 1.54) is 18.9 Å². The molecule has 0 radical (unpaired) electrons. The molecule has 1 aromatic rings. The van der Waals surface area contributed by atoms with Crippen molar-refractivity contribution in [2.45, 2.75) is 25.5 Å². The molecule has 20 heavy (non-hydrogen) atoms. The summed E-state index contributed by atoms with van der Waals surface area (Å²) in [7, 11) is 0. The van der Waals surface area contributed by atoms with Gasteiger partial charge in [0.1, 0.15) is 5.82 Å². The molecule has 110 valence electrons. The highest BCUT2D eigenvalue weighted by molar-refractivity contribution is 5.16. The van der Waals surface area contributed by atoms with E-state index in [0.29, 0.717) is 5.92 Å². The minimum Gasteiger partial charge on any atom is -0.392 e. The maximum atomic E-state index is 13.2. The summed E-state index contributed by atoms with van der Waals surface area (Å²) in [5, 5.41) is 9.98. The first kappa shape index (κ1) is 14.0. The van der Waals surface area contributed by atoms with Gasteiger partial charge >= 0.3 is 0 Å². The van der Waals surface area contributed by atoms with Crippen LogP contribution in [0.15, 0.2) is 24.3 Å². The van der Waals surface area contributed by atoms with Crippen molar-refractivity contribution >= 4 is 0 Å². The lowest BCUT2D eigenvalue weighted by Crippen LogP contribution is -2.48. The molecule has 0 spiro atoms. The number of β-amino-alcohol motifs (C(OH)–C–C–N with tert-alkyl or cyclic N) is 1. The van der Waals surface area contributed by atoms with Gasteiger partial charge in [-0.2, -0.15) is 0 Å². The van der Waals surface area contributed by atoms with E-state index < -0.39 is 0 Å². The largest absolute Gasteiger partial charge is 0.392 e. The summed E-state index contributed by atoms with van der Waals surface area (Å²) in [5.41, 5.74) is 1.04. The lowest BCUT2D eigenvalue weighted by Gasteiger charge is -2.35. The maximum Gasteiger partial charge on any atom is 0.123 e. The predicted octanol–water partition coefficient (Wildman–Crippen LogP) is 1.71. The molecule has 1 saturated heterocycles. The second kappa shape index (κ2) is 6.20. The van der Waals surface area contributed by atoms with Gasteiger partial charge in [-0.15, -0.1) is 0 Å². The molecule has 0 bridgehead atoms. The van der Waals surface area contributed by atoms with Gasteiger partial charge in [0, 0.05) is 39.3 Å². The molecule has 0 unspecified atom stereocenters. The van der Waals surface area contributed by atoms with Crippen LogP contribution in [0.25, 0.3) is 0 Å². The lowest BCUT2D eigenvalue weighted by atomic mass is 10.1. The third kappa shape index (κ3) is 3.78. The molecule has 3 rings (SSSR count). The van der Waals surface area contributed by atoms with E-state index in [0.717, 1.165) is 44.8 Å². The predicted molar refractivity (Wildman–Crippen MR) is 76.8 cm³/mol. The van der Waals surface area contributed by atoms with Crippen molar-refractivity contribution in [3.63, 3.8) is 0 Å². The topological polar surface area (TPSA) is 26.7 Å². The van der Waals surface area contributed by atoms with Gasteiger partial charge in [-0.1, -0.05) is 12.1 Å². The third-order valence-corrected chi connectivity index (χ3v) is 4.37. The average Bonchev–Trinajstić information content (AvgIpc) is 3.25. The van der Waals surface area contributed by atoms with Gasteiger partial charge in [0.05, 0.1) is 6.10 Å². The minimum atomic E-state index is -0.159. The molecule has 0 amide bonds. The van der Waals surface area contributed by atoms with Crippen LogP contribution in [0.1, 0.15) is 18.4 Å². The smallest absolute Gasteiger partial charge is 0.123 e. The minimum absolute atomic E-state index is 0.134. The van der Waals surface area contributed by atoms with E-state index >= 15 is 0 Å². The van der Waals surface area contributed by atoms with Crippen LogP contribution in [0.2, 0.25) is 0 Å². The Balaban J connectivity index is 1.43. The molecule has 1 heterocycles. The normalized spacial score (nSPS) is 22.9. The van der Waals surface area contributed by atoms with Crippen molar-refractivity contribution in [2.24, 2.45) is 5.92 Å². The van der Waals surface area contributed by atoms with Gasteiger partial charge in [-0.05, 0) is 36.5 Å². The summed E-state index contributed by atoms with van der Waals surface area (Å²) in [6, 6.07) is 6.85. The summed E-state index contributed by atoms with van der Waals surface area (Å²) >= 11 is 0. The molecule has 2 aliphatic rings. The molecule has 3 nitrogen and oxygen atoms in total. The summed E-state index contributed by atoms with van der Waals surface area (Å²) < 4.78 is 13.2. The highest BCUT2D eigenvalue weighted by Gasteiger charge is 2.31. The van der Waals surface area contributed by atoms with Crippen LogP contribution in [0.5, 0.6) is 0 Å². The molecule has 1 saturated carbocycles. The Morgan fingerprint density at radius 1 is 1.15 bits per heavy atom. The monoisotopic (exact) mass is 278 g/mol. The van der Waals surface area contributed by atoms with Gasteiger partial charge in [-0.25, -0.2) is 4.39 Å². The number of hydrogen-bond acceptors (Lipinski definition) is 3. The Kier molecular flexibility index (Phi) is 4.34. The number of halogens is 1. The van der Waals surface area contributed by atoms with Crippen LogP contribution in [-0.2, 0) is 6.54 Å². The molecule has 1 aliphatic heterocycles. The number of benzene rings is 1. The van der Waals surface area contributed by atoms with Crippen LogP contribution >= 0.6 is 0 Å². The van der Waals surface area contributed by atoms with E-state index in [1.807, 2.05) is 6.07 Å². The Morgan fingerprint density at radius 3 is 2.50 bits per heavy atom. The van der Waals surface area contributed by atoms with E-state index in [1.54, 1.807) is 12.1 Å². The summed E-state index contributed by atoms with van der Waals surface area (Å²) in [5.74, 6) is 0.397. The first-order valence-electron chi connectivity index (χ1n) is 7.58. The standard InChI is InChI=1S/C16H23FN2O/c17-15-3-1-2-13(10-15)11-18-6-8-19(9-7-18)12-16(20)14-4-5-14/h1-3,10,14,16,20H,4-9,11-12H2/t16-/m1/s1. The van der Waals surface area contributed by atoms with Crippen molar-refractivity contribution < 1.29 is 9.50 Å². The first-order valence-corrected chi connectivity index (χ1v) is 7.58. The Bertz CT molecular complexity index is 442. The fourth-order valence-corrected chi connectivity index (χ4v) is 2.92. The van der Waals surface area contributed by atoms with Gasteiger partial charge < -0.3 is 5.11 Å². The summed E-state index contributed by atoms with van der Waals surface area (Å²) in [6.07, 6.45) is 2.26. The zero-order chi connectivity index (χ0) is 13.9. The zero-order valence-corrected chi connectivity index (χ0v) is 11.8. The Labute approximate surface area is 120 Å². The highest BCUT2D eigenvalue weighted by Crippen LogP contribution is 2.32.